The smallest absolute Gasteiger partial charge is 0.223 e. The molecule has 0 unspecified atom stereocenters. The predicted molar refractivity (Wildman–Crippen MR) is 129 cm³/mol. The number of ether oxygens (including phenoxy) is 3. The molecule has 0 atom stereocenters. The van der Waals surface area contributed by atoms with Gasteiger partial charge in [-0.3, -0.25) is 9.69 Å². The van der Waals surface area contributed by atoms with Gasteiger partial charge in [-0.25, -0.2) is 0 Å². The number of carbonyl (C=O) groups is 1. The zero-order valence-electron chi connectivity index (χ0n) is 19.9. The second-order valence-electron chi connectivity index (χ2n) is 8.59. The van der Waals surface area contributed by atoms with Crippen molar-refractivity contribution in [2.75, 3.05) is 34.4 Å². The molecular weight excluding hydrogens is 418 g/mol. The van der Waals surface area contributed by atoms with Gasteiger partial charge in [0.25, 0.3) is 0 Å². The quantitative estimate of drug-likeness (QED) is 0.565. The topological polar surface area (TPSA) is 65.0 Å². The van der Waals surface area contributed by atoms with Crippen LogP contribution in [0.15, 0.2) is 42.6 Å². The van der Waals surface area contributed by atoms with Crippen LogP contribution >= 0.6 is 0 Å². The van der Waals surface area contributed by atoms with Gasteiger partial charge < -0.3 is 24.1 Å². The first-order valence-corrected chi connectivity index (χ1v) is 11.3. The number of likely N-dealkylation sites (tertiary alicyclic amines) is 1. The van der Waals surface area contributed by atoms with E-state index < -0.39 is 0 Å². The number of nitrogens with zero attached hydrogens (tertiary/aromatic N) is 2. The van der Waals surface area contributed by atoms with Gasteiger partial charge in [0.05, 0.1) is 21.3 Å². The van der Waals surface area contributed by atoms with Crippen LogP contribution in [0.1, 0.15) is 24.0 Å². The summed E-state index contributed by atoms with van der Waals surface area (Å²) in [6.07, 6.45) is 3.92. The third kappa shape index (κ3) is 5.09. The fraction of sp³-hybridized carbons (Fsp3) is 0.423. The maximum atomic E-state index is 12.8. The minimum absolute atomic E-state index is 0.0399. The molecule has 1 aromatic heterocycles. The Morgan fingerprint density at radius 2 is 1.67 bits per heavy atom. The van der Waals surface area contributed by atoms with Crippen molar-refractivity contribution in [3.63, 3.8) is 0 Å². The molecule has 2 aromatic carbocycles. The summed E-state index contributed by atoms with van der Waals surface area (Å²) in [7, 11) is 7.03. The standard InChI is InChI=1S/C26H33N3O4/c1-28-16-20(23-13-21(31-2)7-8-24(23)28)17-29-11-9-18(10-12-29)26(30)27-15-19-5-6-22(32-3)14-25(19)33-4/h5-8,13-14,16,18H,9-12,15,17H2,1-4H3,(H,27,30). The van der Waals surface area contributed by atoms with Crippen LogP contribution < -0.4 is 19.5 Å². The Kier molecular flexibility index (Phi) is 7.08. The summed E-state index contributed by atoms with van der Waals surface area (Å²) < 4.78 is 18.3. The Labute approximate surface area is 195 Å². The molecule has 1 amide bonds. The van der Waals surface area contributed by atoms with Gasteiger partial charge in [0.15, 0.2) is 0 Å². The molecule has 33 heavy (non-hydrogen) atoms. The molecule has 3 aromatic rings. The number of piperidine rings is 1. The Hall–Kier alpha value is -3.19. The first-order chi connectivity index (χ1) is 16.0. The van der Waals surface area contributed by atoms with Crippen LogP contribution in [0.25, 0.3) is 10.9 Å². The Morgan fingerprint density at radius 3 is 2.36 bits per heavy atom. The van der Waals surface area contributed by atoms with E-state index in [0.29, 0.717) is 6.54 Å². The maximum Gasteiger partial charge on any atom is 0.223 e. The van der Waals surface area contributed by atoms with Gasteiger partial charge in [-0.15, -0.1) is 0 Å². The lowest BCUT2D eigenvalue weighted by Crippen LogP contribution is -2.40. The summed E-state index contributed by atoms with van der Waals surface area (Å²) in [6.45, 7) is 3.14. The highest BCUT2D eigenvalue weighted by molar-refractivity contribution is 5.85. The molecule has 1 saturated heterocycles. The molecule has 0 bridgehead atoms. The molecule has 1 N–H and O–H groups in total. The maximum absolute atomic E-state index is 12.8. The normalized spacial score (nSPS) is 14.9. The van der Waals surface area contributed by atoms with E-state index >= 15 is 0 Å². The first kappa shape index (κ1) is 23.0. The average Bonchev–Trinajstić information content (AvgIpc) is 3.16. The van der Waals surface area contributed by atoms with Crippen molar-refractivity contribution in [3.05, 3.63) is 53.7 Å². The van der Waals surface area contributed by atoms with Gasteiger partial charge in [-0.05, 0) is 61.8 Å². The second-order valence-corrected chi connectivity index (χ2v) is 8.59. The summed E-state index contributed by atoms with van der Waals surface area (Å²) in [5, 5.41) is 4.32. The van der Waals surface area contributed by atoms with Crippen molar-refractivity contribution in [2.45, 2.75) is 25.9 Å². The van der Waals surface area contributed by atoms with Crippen LogP contribution in [0.5, 0.6) is 17.2 Å². The van der Waals surface area contributed by atoms with Gasteiger partial charge in [0.2, 0.25) is 5.91 Å². The van der Waals surface area contributed by atoms with E-state index in [-0.39, 0.29) is 11.8 Å². The van der Waals surface area contributed by atoms with Crippen LogP contribution in [0.4, 0.5) is 0 Å². The highest BCUT2D eigenvalue weighted by Gasteiger charge is 2.25. The summed E-state index contributed by atoms with van der Waals surface area (Å²) in [6, 6.07) is 11.9. The zero-order valence-corrected chi connectivity index (χ0v) is 19.9. The lowest BCUT2D eigenvalue weighted by atomic mass is 9.95. The number of carbonyl (C=O) groups excluding carboxylic acids is 1. The van der Waals surface area contributed by atoms with Crippen LogP contribution in [-0.2, 0) is 24.9 Å². The van der Waals surface area contributed by atoms with Crippen LogP contribution in [0, 0.1) is 5.92 Å². The zero-order chi connectivity index (χ0) is 23.4. The molecule has 0 spiro atoms. The van der Waals surface area contributed by atoms with E-state index in [4.69, 9.17) is 14.2 Å². The fourth-order valence-electron chi connectivity index (χ4n) is 4.62. The number of amides is 1. The number of fused-ring (bicyclic) bond motifs is 1. The average molecular weight is 452 g/mol. The van der Waals surface area contributed by atoms with E-state index in [1.54, 1.807) is 21.3 Å². The minimum Gasteiger partial charge on any atom is -0.497 e. The summed E-state index contributed by atoms with van der Waals surface area (Å²) in [5.74, 6) is 2.48. The number of nitrogens with one attached hydrogen (secondary N) is 1. The summed E-state index contributed by atoms with van der Waals surface area (Å²) >= 11 is 0. The highest BCUT2D eigenvalue weighted by Crippen LogP contribution is 2.28. The van der Waals surface area contributed by atoms with Crippen molar-refractivity contribution < 1.29 is 19.0 Å². The number of hydrogen-bond acceptors (Lipinski definition) is 5. The molecule has 7 nitrogen and oxygen atoms in total. The van der Waals surface area contributed by atoms with E-state index in [2.05, 4.69) is 40.2 Å². The highest BCUT2D eigenvalue weighted by atomic mass is 16.5. The minimum atomic E-state index is 0.0399. The monoisotopic (exact) mass is 451 g/mol. The van der Waals surface area contributed by atoms with E-state index in [0.717, 1.165) is 55.3 Å². The van der Waals surface area contributed by atoms with Crippen molar-refractivity contribution in [3.8, 4) is 17.2 Å². The van der Waals surface area contributed by atoms with E-state index in [9.17, 15) is 4.79 Å². The molecule has 4 rings (SSSR count). The molecule has 1 aliphatic rings. The Morgan fingerprint density at radius 1 is 0.970 bits per heavy atom. The number of methoxy groups -OCH3 is 3. The number of hydrogen-bond donors (Lipinski definition) is 1. The largest absolute Gasteiger partial charge is 0.497 e. The van der Waals surface area contributed by atoms with Gasteiger partial charge >= 0.3 is 0 Å². The third-order valence-corrected chi connectivity index (χ3v) is 6.58. The predicted octanol–water partition coefficient (Wildman–Crippen LogP) is 3.73. The lowest BCUT2D eigenvalue weighted by molar-refractivity contribution is -0.126. The van der Waals surface area contributed by atoms with E-state index in [1.807, 2.05) is 24.3 Å². The number of aryl methyl sites for hydroxylation is 1. The number of aromatic nitrogens is 1. The second kappa shape index (κ2) is 10.2. The first-order valence-electron chi connectivity index (χ1n) is 11.3. The van der Waals surface area contributed by atoms with Crippen LogP contribution in [0.2, 0.25) is 0 Å². The van der Waals surface area contributed by atoms with Gasteiger partial charge in [0.1, 0.15) is 17.2 Å². The van der Waals surface area contributed by atoms with Gasteiger partial charge in [-0.2, -0.15) is 0 Å². The van der Waals surface area contributed by atoms with Crippen molar-refractivity contribution in [1.29, 1.82) is 0 Å². The third-order valence-electron chi connectivity index (χ3n) is 6.58. The van der Waals surface area contributed by atoms with Gasteiger partial charge in [0, 0.05) is 54.8 Å². The lowest BCUT2D eigenvalue weighted by Gasteiger charge is -2.31. The van der Waals surface area contributed by atoms with Crippen molar-refractivity contribution in [1.82, 2.24) is 14.8 Å². The summed E-state index contributed by atoms with van der Waals surface area (Å²) in [4.78, 5) is 15.2. The number of rotatable bonds is 8. The molecular formula is C26H33N3O4. The van der Waals surface area contributed by atoms with E-state index in [1.165, 1.54) is 16.5 Å². The number of benzene rings is 2. The van der Waals surface area contributed by atoms with Crippen LogP contribution in [-0.4, -0.2) is 49.8 Å². The molecule has 0 aliphatic carbocycles. The molecule has 0 saturated carbocycles. The molecule has 2 heterocycles. The fourth-order valence-corrected chi connectivity index (χ4v) is 4.62. The summed E-state index contributed by atoms with van der Waals surface area (Å²) in [5.41, 5.74) is 3.44. The SMILES string of the molecule is COc1ccc(CNC(=O)C2CCN(Cc3cn(C)c4ccc(OC)cc34)CC2)c(OC)c1. The molecule has 1 aliphatic heterocycles. The molecule has 0 radical (unpaired) electrons. The molecule has 1 fully saturated rings. The molecule has 176 valence electrons. The van der Waals surface area contributed by atoms with Crippen molar-refractivity contribution >= 4 is 16.8 Å². The van der Waals surface area contributed by atoms with Crippen molar-refractivity contribution in [2.24, 2.45) is 13.0 Å². The Bertz CT molecular complexity index is 1120. The van der Waals surface area contributed by atoms with Gasteiger partial charge in [-0.1, -0.05) is 0 Å². The molecule has 7 heteroatoms. The van der Waals surface area contributed by atoms with Crippen LogP contribution in [0.3, 0.4) is 0 Å². The Balaban J connectivity index is 1.32.